The molecule has 2 aromatic rings. The fraction of sp³-hybridized carbons (Fsp3) is 0.412. The summed E-state index contributed by atoms with van der Waals surface area (Å²) >= 11 is 3.67. The highest BCUT2D eigenvalue weighted by Crippen LogP contribution is 2.33. The van der Waals surface area contributed by atoms with Crippen molar-refractivity contribution >= 4 is 26.7 Å². The molecule has 1 fully saturated rings. The lowest BCUT2D eigenvalue weighted by Gasteiger charge is -2.23. The molecule has 3 rings (SSSR count). The van der Waals surface area contributed by atoms with E-state index in [9.17, 15) is 0 Å². The predicted octanol–water partition coefficient (Wildman–Crippen LogP) is 4.51. The third-order valence-corrected chi connectivity index (χ3v) is 4.78. The highest BCUT2D eigenvalue weighted by Gasteiger charge is 2.13. The minimum Gasteiger partial charge on any atom is -0.492 e. The van der Waals surface area contributed by atoms with Gasteiger partial charge in [-0.3, -0.25) is 0 Å². The van der Waals surface area contributed by atoms with Gasteiger partial charge in [-0.15, -0.1) is 0 Å². The number of benzene rings is 2. The molecule has 0 amide bonds. The van der Waals surface area contributed by atoms with Gasteiger partial charge in [0.2, 0.25) is 0 Å². The van der Waals surface area contributed by atoms with Crippen LogP contribution < -0.4 is 10.1 Å². The van der Waals surface area contributed by atoms with Crippen LogP contribution in [0, 0.1) is 0 Å². The fourth-order valence-electron chi connectivity index (χ4n) is 2.81. The molecule has 3 heteroatoms. The Labute approximate surface area is 128 Å². The molecule has 2 nitrogen and oxygen atoms in total. The first-order valence-electron chi connectivity index (χ1n) is 7.38. The Morgan fingerprint density at radius 3 is 2.90 bits per heavy atom. The smallest absolute Gasteiger partial charge is 0.134 e. The third kappa shape index (κ3) is 3.15. The highest BCUT2D eigenvalue weighted by molar-refractivity contribution is 9.10. The van der Waals surface area contributed by atoms with E-state index in [1.165, 1.54) is 30.0 Å². The lowest BCUT2D eigenvalue weighted by molar-refractivity contribution is 0.267. The van der Waals surface area contributed by atoms with Crippen molar-refractivity contribution in [3.05, 3.63) is 40.9 Å². The molecule has 1 unspecified atom stereocenters. The second-order valence-electron chi connectivity index (χ2n) is 5.38. The summed E-state index contributed by atoms with van der Waals surface area (Å²) in [6.45, 7) is 1.93. The molecule has 106 valence electrons. The molecular formula is C17H20BrNO. The van der Waals surface area contributed by atoms with Gasteiger partial charge in [-0.25, -0.2) is 0 Å². The normalized spacial score (nSPS) is 19.1. The van der Waals surface area contributed by atoms with Crippen LogP contribution in [0.4, 0.5) is 0 Å². The largest absolute Gasteiger partial charge is 0.492 e. The monoisotopic (exact) mass is 333 g/mol. The Balaban J connectivity index is 1.63. The van der Waals surface area contributed by atoms with E-state index in [0.29, 0.717) is 6.04 Å². The average molecular weight is 334 g/mol. The number of piperidine rings is 1. The van der Waals surface area contributed by atoms with Gasteiger partial charge in [0.15, 0.2) is 0 Å². The van der Waals surface area contributed by atoms with Gasteiger partial charge in [0, 0.05) is 6.04 Å². The first-order valence-corrected chi connectivity index (χ1v) is 8.17. The Kier molecular flexibility index (Phi) is 4.58. The van der Waals surface area contributed by atoms with Gasteiger partial charge in [0.25, 0.3) is 0 Å². The second kappa shape index (κ2) is 6.59. The number of fused-ring (bicyclic) bond motifs is 1. The molecule has 0 bridgehead atoms. The van der Waals surface area contributed by atoms with Gasteiger partial charge in [-0.05, 0) is 58.6 Å². The zero-order chi connectivity index (χ0) is 13.8. The van der Waals surface area contributed by atoms with E-state index in [2.05, 4.69) is 57.6 Å². The van der Waals surface area contributed by atoms with Crippen molar-refractivity contribution in [1.82, 2.24) is 5.32 Å². The zero-order valence-corrected chi connectivity index (χ0v) is 13.2. The van der Waals surface area contributed by atoms with Gasteiger partial charge < -0.3 is 10.1 Å². The third-order valence-electron chi connectivity index (χ3n) is 3.96. The predicted molar refractivity (Wildman–Crippen MR) is 87.4 cm³/mol. The summed E-state index contributed by atoms with van der Waals surface area (Å²) in [5.74, 6) is 0.944. The van der Waals surface area contributed by atoms with E-state index in [1.54, 1.807) is 0 Å². The SMILES string of the molecule is Brc1c(OCCC2CCCCN2)ccc2ccccc12. The molecule has 0 aromatic heterocycles. The van der Waals surface area contributed by atoms with Gasteiger partial charge in [-0.1, -0.05) is 36.8 Å². The molecule has 0 spiro atoms. The number of ether oxygens (including phenoxy) is 1. The first-order chi connectivity index (χ1) is 9.84. The van der Waals surface area contributed by atoms with E-state index in [4.69, 9.17) is 4.74 Å². The van der Waals surface area contributed by atoms with Crippen molar-refractivity contribution in [2.45, 2.75) is 31.7 Å². The van der Waals surface area contributed by atoms with E-state index < -0.39 is 0 Å². The Morgan fingerprint density at radius 1 is 1.15 bits per heavy atom. The van der Waals surface area contributed by atoms with E-state index in [0.717, 1.165) is 29.8 Å². The highest BCUT2D eigenvalue weighted by atomic mass is 79.9. The minimum absolute atomic E-state index is 0.628. The summed E-state index contributed by atoms with van der Waals surface area (Å²) in [7, 11) is 0. The topological polar surface area (TPSA) is 21.3 Å². The zero-order valence-electron chi connectivity index (χ0n) is 11.6. The lowest BCUT2D eigenvalue weighted by atomic mass is 10.0. The standard InChI is InChI=1S/C17H20BrNO/c18-17-15-7-2-1-5-13(15)8-9-16(17)20-12-10-14-6-3-4-11-19-14/h1-2,5,7-9,14,19H,3-4,6,10-12H2. The maximum absolute atomic E-state index is 5.96. The second-order valence-corrected chi connectivity index (χ2v) is 6.18. The van der Waals surface area contributed by atoms with E-state index in [-0.39, 0.29) is 0 Å². The summed E-state index contributed by atoms with van der Waals surface area (Å²) < 4.78 is 7.02. The Morgan fingerprint density at radius 2 is 2.05 bits per heavy atom. The summed E-state index contributed by atoms with van der Waals surface area (Å²) in [5.41, 5.74) is 0. The summed E-state index contributed by atoms with van der Waals surface area (Å²) in [4.78, 5) is 0. The van der Waals surface area contributed by atoms with Crippen LogP contribution in [0.3, 0.4) is 0 Å². The van der Waals surface area contributed by atoms with Crippen LogP contribution in [0.5, 0.6) is 5.75 Å². The van der Waals surface area contributed by atoms with Crippen LogP contribution in [0.1, 0.15) is 25.7 Å². The van der Waals surface area contributed by atoms with Crippen LogP contribution in [0.15, 0.2) is 40.9 Å². The van der Waals surface area contributed by atoms with Gasteiger partial charge in [-0.2, -0.15) is 0 Å². The van der Waals surface area contributed by atoms with Crippen molar-refractivity contribution in [1.29, 1.82) is 0 Å². The number of rotatable bonds is 4. The van der Waals surface area contributed by atoms with Crippen molar-refractivity contribution in [3.8, 4) is 5.75 Å². The van der Waals surface area contributed by atoms with Crippen molar-refractivity contribution in [2.75, 3.05) is 13.2 Å². The quantitative estimate of drug-likeness (QED) is 0.888. The number of nitrogens with one attached hydrogen (secondary N) is 1. The summed E-state index contributed by atoms with van der Waals surface area (Å²) in [5, 5.41) is 6.00. The molecule has 0 aliphatic carbocycles. The molecule has 1 aliphatic rings. The van der Waals surface area contributed by atoms with Gasteiger partial charge in [0.1, 0.15) is 5.75 Å². The van der Waals surface area contributed by atoms with Crippen LogP contribution in [0.25, 0.3) is 10.8 Å². The summed E-state index contributed by atoms with van der Waals surface area (Å²) in [6, 6.07) is 13.2. The fourth-order valence-corrected chi connectivity index (χ4v) is 3.41. The molecule has 1 N–H and O–H groups in total. The minimum atomic E-state index is 0.628. The molecular weight excluding hydrogens is 314 g/mol. The van der Waals surface area contributed by atoms with E-state index >= 15 is 0 Å². The molecule has 0 saturated carbocycles. The molecule has 1 saturated heterocycles. The average Bonchev–Trinajstić information content (AvgIpc) is 2.51. The molecule has 1 aliphatic heterocycles. The van der Waals surface area contributed by atoms with Gasteiger partial charge in [0.05, 0.1) is 11.1 Å². The molecule has 0 radical (unpaired) electrons. The first kappa shape index (κ1) is 13.9. The maximum Gasteiger partial charge on any atom is 0.134 e. The summed E-state index contributed by atoms with van der Waals surface area (Å²) in [6.07, 6.45) is 5.02. The number of hydrogen-bond acceptors (Lipinski definition) is 2. The Hall–Kier alpha value is -1.06. The van der Waals surface area contributed by atoms with Crippen LogP contribution in [-0.2, 0) is 0 Å². The van der Waals surface area contributed by atoms with Crippen molar-refractivity contribution < 1.29 is 4.74 Å². The molecule has 2 aromatic carbocycles. The molecule has 1 atom stereocenters. The van der Waals surface area contributed by atoms with Crippen molar-refractivity contribution in [3.63, 3.8) is 0 Å². The van der Waals surface area contributed by atoms with Crippen LogP contribution in [0.2, 0.25) is 0 Å². The van der Waals surface area contributed by atoms with Crippen LogP contribution >= 0.6 is 15.9 Å². The Bertz CT molecular complexity index is 578. The van der Waals surface area contributed by atoms with E-state index in [1.807, 2.05) is 0 Å². The lowest BCUT2D eigenvalue weighted by Crippen LogP contribution is -2.35. The number of hydrogen-bond donors (Lipinski definition) is 1. The van der Waals surface area contributed by atoms with Crippen LogP contribution in [-0.4, -0.2) is 19.2 Å². The van der Waals surface area contributed by atoms with Crippen molar-refractivity contribution in [2.24, 2.45) is 0 Å². The van der Waals surface area contributed by atoms with Gasteiger partial charge >= 0.3 is 0 Å². The maximum atomic E-state index is 5.96. The molecule has 1 heterocycles. The number of halogens is 1. The molecule has 20 heavy (non-hydrogen) atoms.